The van der Waals surface area contributed by atoms with E-state index in [1.165, 1.54) is 0 Å². The van der Waals surface area contributed by atoms with E-state index in [1.54, 1.807) is 6.92 Å². The van der Waals surface area contributed by atoms with Gasteiger partial charge < -0.3 is 15.3 Å². The van der Waals surface area contributed by atoms with Crippen molar-refractivity contribution in [1.29, 1.82) is 0 Å². The van der Waals surface area contributed by atoms with Gasteiger partial charge in [-0.25, -0.2) is 0 Å². The molecule has 0 rings (SSSR count). The molecular weight excluding hydrogens is 120 g/mol. The summed E-state index contributed by atoms with van der Waals surface area (Å²) in [5.74, 6) is -0.128. The van der Waals surface area contributed by atoms with Crippen LogP contribution >= 0.6 is 0 Å². The van der Waals surface area contributed by atoms with E-state index in [0.29, 0.717) is 12.8 Å². The van der Waals surface area contributed by atoms with Gasteiger partial charge in [-0.05, 0) is 12.8 Å². The highest BCUT2D eigenvalue weighted by Crippen LogP contribution is 2.07. The Labute approximate surface area is 54.9 Å². The van der Waals surface area contributed by atoms with Crippen LogP contribution in [0.3, 0.4) is 0 Å². The molecule has 0 radical (unpaired) electrons. The topological polar surface area (TPSA) is 60.7 Å². The maximum atomic E-state index is 8.52. The minimum atomic E-state index is -1.24. The van der Waals surface area contributed by atoms with Crippen molar-refractivity contribution in [3.05, 3.63) is 0 Å². The lowest BCUT2D eigenvalue weighted by Crippen LogP contribution is -2.16. The summed E-state index contributed by atoms with van der Waals surface area (Å²) in [4.78, 5) is 0. The van der Waals surface area contributed by atoms with Crippen molar-refractivity contribution in [2.45, 2.75) is 26.1 Å². The molecule has 56 valence electrons. The summed E-state index contributed by atoms with van der Waals surface area (Å²) in [6.07, 6.45) is 0.0593. The van der Waals surface area contributed by atoms with Crippen LogP contribution in [-0.4, -0.2) is 28.2 Å². The summed E-state index contributed by atoms with van der Waals surface area (Å²) in [6.45, 7) is 1.86. The quantitative estimate of drug-likeness (QED) is 0.463. The van der Waals surface area contributed by atoms with E-state index >= 15 is 0 Å². The molecule has 0 aliphatic heterocycles. The molecule has 0 bridgehead atoms. The Morgan fingerprint density at radius 1 is 1.33 bits per heavy atom. The van der Waals surface area contributed by atoms with Gasteiger partial charge >= 0.3 is 0 Å². The van der Waals surface area contributed by atoms with Crippen LogP contribution in [0.1, 0.15) is 19.8 Å². The van der Waals surface area contributed by atoms with Gasteiger partial charge in [-0.2, -0.15) is 0 Å². The zero-order valence-electron chi connectivity index (χ0n) is 5.62. The third-order valence-electron chi connectivity index (χ3n) is 1.33. The molecule has 0 aromatic rings. The SMILES string of the molecule is CC(CCCO)C(O)O. The van der Waals surface area contributed by atoms with Gasteiger partial charge in [-0.1, -0.05) is 6.92 Å². The normalized spacial score (nSPS) is 14.3. The van der Waals surface area contributed by atoms with Crippen molar-refractivity contribution < 1.29 is 15.3 Å². The second kappa shape index (κ2) is 4.73. The van der Waals surface area contributed by atoms with Crippen LogP contribution in [-0.2, 0) is 0 Å². The van der Waals surface area contributed by atoms with Crippen LogP contribution in [0.4, 0.5) is 0 Å². The third kappa shape index (κ3) is 4.39. The van der Waals surface area contributed by atoms with Crippen LogP contribution < -0.4 is 0 Å². The summed E-state index contributed by atoms with van der Waals surface area (Å²) in [7, 11) is 0. The molecule has 1 unspecified atom stereocenters. The maximum absolute atomic E-state index is 8.52. The van der Waals surface area contributed by atoms with Crippen molar-refractivity contribution in [2.24, 2.45) is 5.92 Å². The molecule has 0 fully saturated rings. The minimum absolute atomic E-state index is 0.122. The Hall–Kier alpha value is -0.120. The standard InChI is InChI=1S/C6H14O3/c1-5(6(8)9)3-2-4-7/h5-9H,2-4H2,1H3. The molecule has 3 N–H and O–H groups in total. The molecule has 0 aliphatic rings. The van der Waals surface area contributed by atoms with Crippen molar-refractivity contribution in [2.75, 3.05) is 6.61 Å². The summed E-state index contributed by atoms with van der Waals surface area (Å²) >= 11 is 0. The fraction of sp³-hybridized carbons (Fsp3) is 1.00. The van der Waals surface area contributed by atoms with Crippen LogP contribution in [0.15, 0.2) is 0 Å². The summed E-state index contributed by atoms with van der Waals surface area (Å²) < 4.78 is 0. The van der Waals surface area contributed by atoms with Gasteiger partial charge in [-0.3, -0.25) is 0 Å². The number of hydrogen-bond acceptors (Lipinski definition) is 3. The first-order valence-corrected chi connectivity index (χ1v) is 3.15. The molecule has 0 aromatic carbocycles. The van der Waals surface area contributed by atoms with Crippen LogP contribution in [0, 0.1) is 5.92 Å². The van der Waals surface area contributed by atoms with Crippen LogP contribution in [0.25, 0.3) is 0 Å². The Morgan fingerprint density at radius 2 is 1.89 bits per heavy atom. The highest BCUT2D eigenvalue weighted by atomic mass is 16.5. The number of aliphatic hydroxyl groups excluding tert-OH is 2. The van der Waals surface area contributed by atoms with Crippen molar-refractivity contribution in [3.8, 4) is 0 Å². The highest BCUT2D eigenvalue weighted by Gasteiger charge is 2.08. The van der Waals surface area contributed by atoms with E-state index in [-0.39, 0.29) is 12.5 Å². The van der Waals surface area contributed by atoms with E-state index in [4.69, 9.17) is 15.3 Å². The molecule has 0 aromatic heterocycles. The van der Waals surface area contributed by atoms with E-state index in [2.05, 4.69) is 0 Å². The van der Waals surface area contributed by atoms with Gasteiger partial charge in [0.2, 0.25) is 0 Å². The second-order valence-corrected chi connectivity index (χ2v) is 2.26. The lowest BCUT2D eigenvalue weighted by atomic mass is 10.1. The third-order valence-corrected chi connectivity index (χ3v) is 1.33. The Kier molecular flexibility index (Phi) is 4.67. The van der Waals surface area contributed by atoms with Crippen molar-refractivity contribution >= 4 is 0 Å². The van der Waals surface area contributed by atoms with Gasteiger partial charge in [-0.15, -0.1) is 0 Å². The molecule has 0 saturated heterocycles. The first-order chi connectivity index (χ1) is 4.18. The lowest BCUT2D eigenvalue weighted by molar-refractivity contribution is -0.0812. The fourth-order valence-corrected chi connectivity index (χ4v) is 0.562. The largest absolute Gasteiger partial charge is 0.396 e. The van der Waals surface area contributed by atoms with Gasteiger partial charge in [0.25, 0.3) is 0 Å². The molecular formula is C6H14O3. The van der Waals surface area contributed by atoms with Crippen LogP contribution in [0.2, 0.25) is 0 Å². The van der Waals surface area contributed by atoms with E-state index in [9.17, 15) is 0 Å². The summed E-state index contributed by atoms with van der Waals surface area (Å²) in [6, 6.07) is 0. The van der Waals surface area contributed by atoms with Gasteiger partial charge in [0.05, 0.1) is 0 Å². The first-order valence-electron chi connectivity index (χ1n) is 3.15. The molecule has 0 saturated carbocycles. The molecule has 0 amide bonds. The lowest BCUT2D eigenvalue weighted by Gasteiger charge is -2.11. The Bertz CT molecular complexity index is 63.3. The average Bonchev–Trinajstić information content (AvgIpc) is 1.82. The Morgan fingerprint density at radius 3 is 2.22 bits per heavy atom. The van der Waals surface area contributed by atoms with Crippen molar-refractivity contribution in [3.63, 3.8) is 0 Å². The van der Waals surface area contributed by atoms with Crippen molar-refractivity contribution in [1.82, 2.24) is 0 Å². The molecule has 0 spiro atoms. The second-order valence-electron chi connectivity index (χ2n) is 2.26. The number of hydrogen-bond donors (Lipinski definition) is 3. The maximum Gasteiger partial charge on any atom is 0.154 e. The first kappa shape index (κ1) is 8.88. The monoisotopic (exact) mass is 134 g/mol. The molecule has 0 aliphatic carbocycles. The minimum Gasteiger partial charge on any atom is -0.396 e. The zero-order valence-corrected chi connectivity index (χ0v) is 5.62. The molecule has 1 atom stereocenters. The predicted molar refractivity (Wildman–Crippen MR) is 33.7 cm³/mol. The summed E-state index contributed by atoms with van der Waals surface area (Å²) in [5.41, 5.74) is 0. The molecule has 0 heterocycles. The van der Waals surface area contributed by atoms with Crippen LogP contribution in [0.5, 0.6) is 0 Å². The molecule has 3 heteroatoms. The van der Waals surface area contributed by atoms with E-state index < -0.39 is 6.29 Å². The molecule has 3 nitrogen and oxygen atoms in total. The van der Waals surface area contributed by atoms with Gasteiger partial charge in [0, 0.05) is 12.5 Å². The van der Waals surface area contributed by atoms with E-state index in [1.807, 2.05) is 0 Å². The van der Waals surface area contributed by atoms with Gasteiger partial charge in [0.1, 0.15) is 0 Å². The average molecular weight is 134 g/mol. The summed E-state index contributed by atoms with van der Waals surface area (Å²) in [5, 5.41) is 25.4. The fourth-order valence-electron chi connectivity index (χ4n) is 0.562. The smallest absolute Gasteiger partial charge is 0.154 e. The predicted octanol–water partition coefficient (Wildman–Crippen LogP) is -0.294. The highest BCUT2D eigenvalue weighted by molar-refractivity contribution is 4.52. The Balaban J connectivity index is 3.16. The van der Waals surface area contributed by atoms with Gasteiger partial charge in [0.15, 0.2) is 6.29 Å². The molecule has 9 heavy (non-hydrogen) atoms. The number of aliphatic hydroxyl groups is 3. The van der Waals surface area contributed by atoms with E-state index in [0.717, 1.165) is 0 Å². The zero-order chi connectivity index (χ0) is 7.28. The number of rotatable bonds is 4.